The highest BCUT2D eigenvalue weighted by Gasteiger charge is 2.28. The summed E-state index contributed by atoms with van der Waals surface area (Å²) in [6.07, 6.45) is 4.39. The summed E-state index contributed by atoms with van der Waals surface area (Å²) in [5, 5.41) is 8.63. The van der Waals surface area contributed by atoms with Gasteiger partial charge in [-0.2, -0.15) is 0 Å². The van der Waals surface area contributed by atoms with Crippen LogP contribution in [0.2, 0.25) is 0 Å². The normalized spacial score (nSPS) is 14.7. The SMILES string of the molecule is CN(Cc1nnc2n1CCCCC2)C(=O)c1ccc2c(c1)C(=O)c1ccccc1-2. The molecule has 5 rings (SSSR count). The van der Waals surface area contributed by atoms with Gasteiger partial charge in [0.05, 0.1) is 6.54 Å². The van der Waals surface area contributed by atoms with Gasteiger partial charge >= 0.3 is 0 Å². The molecule has 0 N–H and O–H groups in total. The lowest BCUT2D eigenvalue weighted by Gasteiger charge is -2.18. The molecule has 1 aliphatic heterocycles. The van der Waals surface area contributed by atoms with Crippen LogP contribution < -0.4 is 0 Å². The van der Waals surface area contributed by atoms with Crippen LogP contribution in [-0.4, -0.2) is 38.4 Å². The molecule has 1 amide bonds. The van der Waals surface area contributed by atoms with E-state index in [-0.39, 0.29) is 11.7 Å². The van der Waals surface area contributed by atoms with Gasteiger partial charge in [-0.25, -0.2) is 0 Å². The van der Waals surface area contributed by atoms with E-state index in [2.05, 4.69) is 14.8 Å². The number of fused-ring (bicyclic) bond motifs is 4. The first-order chi connectivity index (χ1) is 14.1. The number of aromatic nitrogens is 3. The predicted octanol–water partition coefficient (Wildman–Crippen LogP) is 3.49. The number of carbonyl (C=O) groups excluding carboxylic acids is 2. The van der Waals surface area contributed by atoms with Gasteiger partial charge in [-0.1, -0.05) is 36.8 Å². The second-order valence-electron chi connectivity index (χ2n) is 7.79. The van der Waals surface area contributed by atoms with Crippen LogP contribution in [-0.2, 0) is 19.5 Å². The van der Waals surface area contributed by atoms with E-state index in [9.17, 15) is 9.59 Å². The number of carbonyl (C=O) groups is 2. The third-order valence-electron chi connectivity index (χ3n) is 5.88. The lowest BCUT2D eigenvalue weighted by molar-refractivity contribution is 0.0780. The maximum absolute atomic E-state index is 13.0. The molecule has 0 bridgehead atoms. The average Bonchev–Trinajstić information content (AvgIpc) is 3.14. The largest absolute Gasteiger partial charge is 0.334 e. The average molecular weight is 386 g/mol. The Kier molecular flexibility index (Phi) is 4.27. The number of nitrogens with zero attached hydrogens (tertiary/aromatic N) is 4. The number of amides is 1. The smallest absolute Gasteiger partial charge is 0.254 e. The topological polar surface area (TPSA) is 68.1 Å². The first-order valence-corrected chi connectivity index (χ1v) is 10.1. The zero-order valence-corrected chi connectivity index (χ0v) is 16.4. The predicted molar refractivity (Wildman–Crippen MR) is 109 cm³/mol. The summed E-state index contributed by atoms with van der Waals surface area (Å²) in [5.41, 5.74) is 3.65. The summed E-state index contributed by atoms with van der Waals surface area (Å²) in [4.78, 5) is 27.4. The van der Waals surface area contributed by atoms with E-state index in [1.165, 1.54) is 6.42 Å². The number of benzene rings is 2. The van der Waals surface area contributed by atoms with Crippen LogP contribution >= 0.6 is 0 Å². The van der Waals surface area contributed by atoms with Gasteiger partial charge in [0.1, 0.15) is 5.82 Å². The third kappa shape index (κ3) is 2.95. The number of rotatable bonds is 3. The molecule has 6 nitrogen and oxygen atoms in total. The van der Waals surface area contributed by atoms with E-state index in [1.807, 2.05) is 30.3 Å². The fourth-order valence-electron chi connectivity index (χ4n) is 4.33. The van der Waals surface area contributed by atoms with Gasteiger partial charge in [-0.15, -0.1) is 10.2 Å². The molecule has 6 heteroatoms. The molecule has 0 fully saturated rings. The fraction of sp³-hybridized carbons (Fsp3) is 0.304. The molecule has 146 valence electrons. The Morgan fingerprint density at radius 1 is 1.00 bits per heavy atom. The quantitative estimate of drug-likeness (QED) is 0.541. The van der Waals surface area contributed by atoms with Gasteiger partial charge in [0.2, 0.25) is 0 Å². The van der Waals surface area contributed by atoms with Crippen molar-refractivity contribution in [3.63, 3.8) is 0 Å². The maximum atomic E-state index is 13.0. The zero-order chi connectivity index (χ0) is 20.0. The molecular formula is C23H22N4O2. The Labute approximate surface area is 169 Å². The standard InChI is InChI=1S/C23H22N4O2/c1-26(14-21-25-24-20-9-3-2-6-12-27(20)21)23(29)15-10-11-17-16-7-4-5-8-18(16)22(28)19(17)13-15/h4-5,7-8,10-11,13H,2-3,6,9,12,14H2,1H3. The van der Waals surface area contributed by atoms with Gasteiger partial charge in [-0.05, 0) is 36.1 Å². The van der Waals surface area contributed by atoms with Crippen molar-refractivity contribution in [1.82, 2.24) is 19.7 Å². The summed E-state index contributed by atoms with van der Waals surface area (Å²) < 4.78 is 2.15. The minimum absolute atomic E-state index is 0.0179. The second kappa shape index (κ2) is 6.95. The van der Waals surface area contributed by atoms with Crippen LogP contribution in [0.4, 0.5) is 0 Å². The Hall–Kier alpha value is -3.28. The molecule has 0 radical (unpaired) electrons. The Morgan fingerprint density at radius 2 is 1.79 bits per heavy atom. The summed E-state index contributed by atoms with van der Waals surface area (Å²) in [6, 6.07) is 13.0. The molecule has 0 unspecified atom stereocenters. The summed E-state index contributed by atoms with van der Waals surface area (Å²) >= 11 is 0. The highest BCUT2D eigenvalue weighted by atomic mass is 16.2. The molecule has 0 atom stereocenters. The van der Waals surface area contributed by atoms with Gasteiger partial charge in [0, 0.05) is 36.7 Å². The van der Waals surface area contributed by atoms with E-state index in [1.54, 1.807) is 24.1 Å². The van der Waals surface area contributed by atoms with Crippen molar-refractivity contribution in [3.8, 4) is 11.1 Å². The minimum Gasteiger partial charge on any atom is -0.334 e. The minimum atomic E-state index is -0.123. The summed E-state index contributed by atoms with van der Waals surface area (Å²) in [7, 11) is 1.77. The first kappa shape index (κ1) is 17.8. The van der Waals surface area contributed by atoms with Gasteiger partial charge in [0.15, 0.2) is 11.6 Å². The summed E-state index contributed by atoms with van der Waals surface area (Å²) in [5.74, 6) is 1.69. The van der Waals surface area contributed by atoms with Crippen molar-refractivity contribution >= 4 is 11.7 Å². The first-order valence-electron chi connectivity index (χ1n) is 10.1. The molecule has 0 saturated heterocycles. The van der Waals surface area contributed by atoms with E-state index < -0.39 is 0 Å². The second-order valence-corrected chi connectivity index (χ2v) is 7.79. The number of hydrogen-bond acceptors (Lipinski definition) is 4. The van der Waals surface area contributed by atoms with Crippen LogP contribution in [0.15, 0.2) is 42.5 Å². The van der Waals surface area contributed by atoms with Crippen LogP contribution in [0, 0.1) is 0 Å². The summed E-state index contributed by atoms with van der Waals surface area (Å²) in [6.45, 7) is 1.31. The number of ketones is 1. The van der Waals surface area contributed by atoms with Crippen molar-refractivity contribution < 1.29 is 9.59 Å². The highest BCUT2D eigenvalue weighted by molar-refractivity contribution is 6.22. The maximum Gasteiger partial charge on any atom is 0.254 e. The highest BCUT2D eigenvalue weighted by Crippen LogP contribution is 2.36. The van der Waals surface area contributed by atoms with Crippen molar-refractivity contribution in [1.29, 1.82) is 0 Å². The molecule has 1 aliphatic carbocycles. The molecule has 3 aromatic rings. The van der Waals surface area contributed by atoms with E-state index in [0.717, 1.165) is 48.6 Å². The number of hydrogen-bond donors (Lipinski definition) is 0. The molecule has 1 aromatic heterocycles. The van der Waals surface area contributed by atoms with Crippen LogP contribution in [0.5, 0.6) is 0 Å². The Bertz CT molecular complexity index is 1130. The molecule has 0 spiro atoms. The molecule has 2 heterocycles. The van der Waals surface area contributed by atoms with Crippen molar-refractivity contribution in [2.75, 3.05) is 7.05 Å². The van der Waals surface area contributed by atoms with Crippen molar-refractivity contribution in [2.24, 2.45) is 0 Å². The van der Waals surface area contributed by atoms with Crippen LogP contribution in [0.25, 0.3) is 11.1 Å². The van der Waals surface area contributed by atoms with Gasteiger partial charge in [0.25, 0.3) is 5.91 Å². The Morgan fingerprint density at radius 3 is 2.66 bits per heavy atom. The molecular weight excluding hydrogens is 364 g/mol. The van der Waals surface area contributed by atoms with Crippen molar-refractivity contribution in [2.45, 2.75) is 38.8 Å². The molecule has 2 aromatic carbocycles. The van der Waals surface area contributed by atoms with Gasteiger partial charge < -0.3 is 9.47 Å². The van der Waals surface area contributed by atoms with E-state index in [4.69, 9.17) is 0 Å². The van der Waals surface area contributed by atoms with Gasteiger partial charge in [-0.3, -0.25) is 9.59 Å². The fourth-order valence-corrected chi connectivity index (χ4v) is 4.33. The monoisotopic (exact) mass is 386 g/mol. The molecule has 2 aliphatic rings. The lowest BCUT2D eigenvalue weighted by Crippen LogP contribution is -2.28. The molecule has 29 heavy (non-hydrogen) atoms. The van der Waals surface area contributed by atoms with Crippen LogP contribution in [0.3, 0.4) is 0 Å². The van der Waals surface area contributed by atoms with E-state index >= 15 is 0 Å². The third-order valence-corrected chi connectivity index (χ3v) is 5.88. The Balaban J connectivity index is 1.39. The molecule has 0 saturated carbocycles. The lowest BCUT2D eigenvalue weighted by atomic mass is 10.0. The zero-order valence-electron chi connectivity index (χ0n) is 16.4. The van der Waals surface area contributed by atoms with E-state index in [0.29, 0.717) is 23.2 Å². The number of aryl methyl sites for hydroxylation is 1. The van der Waals surface area contributed by atoms with Crippen LogP contribution in [0.1, 0.15) is 57.2 Å². The van der Waals surface area contributed by atoms with Crippen molar-refractivity contribution in [3.05, 3.63) is 70.8 Å².